The van der Waals surface area contributed by atoms with Gasteiger partial charge in [-0.1, -0.05) is 0 Å². The van der Waals surface area contributed by atoms with Gasteiger partial charge in [0.1, 0.15) is 6.10 Å². The quantitative estimate of drug-likeness (QED) is 0.490. The number of rotatable bonds is 1. The van der Waals surface area contributed by atoms with Crippen LogP contribution in [0.3, 0.4) is 0 Å². The zero-order chi connectivity index (χ0) is 5.98. The Morgan fingerprint density at radius 3 is 2.88 bits per heavy atom. The predicted molar refractivity (Wildman–Crippen MR) is 29.8 cm³/mol. The van der Waals surface area contributed by atoms with E-state index in [4.69, 9.17) is 9.05 Å². The lowest BCUT2D eigenvalue weighted by molar-refractivity contribution is -0.122. The molecule has 0 N–H and O–H groups in total. The number of carbonyl (C=O) groups excluding carboxylic acids is 1. The summed E-state index contributed by atoms with van der Waals surface area (Å²) in [5.74, 6) is 0.0509. The molecule has 4 heteroatoms. The first-order valence-electron chi connectivity index (χ1n) is 2.33. The Morgan fingerprint density at radius 1 is 1.88 bits per heavy atom. The van der Waals surface area contributed by atoms with Gasteiger partial charge in [-0.05, 0) is 6.92 Å². The van der Waals surface area contributed by atoms with Crippen LogP contribution in [0.25, 0.3) is 0 Å². The molecule has 1 fully saturated rings. The van der Waals surface area contributed by atoms with Gasteiger partial charge in [0.15, 0.2) is 14.8 Å². The molecule has 0 bridgehead atoms. The molecule has 1 aliphatic rings. The van der Waals surface area contributed by atoms with Gasteiger partial charge in [0, 0.05) is 0 Å². The highest BCUT2D eigenvalue weighted by Crippen LogP contribution is 2.25. The van der Waals surface area contributed by atoms with Crippen molar-refractivity contribution in [2.24, 2.45) is 0 Å². The topological polar surface area (TPSA) is 35.5 Å². The van der Waals surface area contributed by atoms with Crippen molar-refractivity contribution in [2.45, 2.75) is 13.0 Å². The molecule has 46 valence electrons. The van der Waals surface area contributed by atoms with Gasteiger partial charge < -0.3 is 9.05 Å². The third-order valence-corrected chi connectivity index (χ3v) is 1.60. The molecule has 0 aliphatic carbocycles. The van der Waals surface area contributed by atoms with Crippen LogP contribution in [0.15, 0.2) is 0 Å². The van der Waals surface area contributed by atoms with Gasteiger partial charge in [0.2, 0.25) is 0 Å². The van der Waals surface area contributed by atoms with Crippen molar-refractivity contribution in [3.05, 3.63) is 0 Å². The van der Waals surface area contributed by atoms with Crippen molar-refractivity contribution >= 4 is 14.8 Å². The van der Waals surface area contributed by atoms with E-state index in [1.54, 1.807) is 0 Å². The minimum atomic E-state index is -0.284. The largest absolute Gasteiger partial charge is 0.333 e. The molecule has 0 amide bonds. The summed E-state index contributed by atoms with van der Waals surface area (Å²) in [5.41, 5.74) is 0. The van der Waals surface area contributed by atoms with Gasteiger partial charge in [0.05, 0.1) is 6.61 Å². The van der Waals surface area contributed by atoms with Gasteiger partial charge in [0.25, 0.3) is 0 Å². The monoisotopic (exact) mass is 134 g/mol. The Labute approximate surface area is 49.3 Å². The van der Waals surface area contributed by atoms with Gasteiger partial charge in [-0.25, -0.2) is 0 Å². The summed E-state index contributed by atoms with van der Waals surface area (Å²) in [4.78, 5) is 10.4. The van der Waals surface area contributed by atoms with E-state index in [-0.39, 0.29) is 20.9 Å². The van der Waals surface area contributed by atoms with E-state index in [9.17, 15) is 4.79 Å². The van der Waals surface area contributed by atoms with E-state index in [1.807, 2.05) is 0 Å². The summed E-state index contributed by atoms with van der Waals surface area (Å²) in [6.45, 7) is 1.94. The smallest absolute Gasteiger partial charge is 0.161 e. The van der Waals surface area contributed by atoms with Crippen LogP contribution in [0.2, 0.25) is 0 Å². The lowest BCUT2D eigenvalue weighted by Gasteiger charge is -1.97. The molecule has 0 radical (unpaired) electrons. The number of carbonyl (C=O) groups is 1. The lowest BCUT2D eigenvalue weighted by Crippen LogP contribution is -2.18. The highest BCUT2D eigenvalue weighted by atomic mass is 31.1. The SMILES string of the molecule is CC(=O)C1COPO1. The Bertz CT molecular complexity index is 97.5. The first kappa shape index (κ1) is 6.14. The predicted octanol–water partition coefficient (Wildman–Crippen LogP) is 0.499. The second-order valence-corrected chi connectivity index (χ2v) is 2.30. The minimum absolute atomic E-state index is 0.0509. The van der Waals surface area contributed by atoms with Crippen LogP contribution in [0.1, 0.15) is 6.92 Å². The summed E-state index contributed by atoms with van der Waals surface area (Å²) in [6.07, 6.45) is -0.284. The van der Waals surface area contributed by atoms with E-state index in [2.05, 4.69) is 0 Å². The molecule has 1 rings (SSSR count). The fourth-order valence-electron chi connectivity index (χ4n) is 0.436. The maximum Gasteiger partial charge on any atom is 0.161 e. The minimum Gasteiger partial charge on any atom is -0.333 e. The lowest BCUT2D eigenvalue weighted by atomic mass is 10.3. The Balaban J connectivity index is 2.35. The zero-order valence-electron chi connectivity index (χ0n) is 4.51. The highest BCUT2D eigenvalue weighted by Gasteiger charge is 2.20. The van der Waals surface area contributed by atoms with E-state index < -0.39 is 0 Å². The first-order chi connectivity index (χ1) is 3.80. The van der Waals surface area contributed by atoms with Gasteiger partial charge in [-0.15, -0.1) is 0 Å². The first-order valence-corrected chi connectivity index (χ1v) is 3.15. The Morgan fingerprint density at radius 2 is 2.62 bits per heavy atom. The van der Waals surface area contributed by atoms with E-state index in [0.29, 0.717) is 6.61 Å². The van der Waals surface area contributed by atoms with Crippen molar-refractivity contribution in [3.63, 3.8) is 0 Å². The van der Waals surface area contributed by atoms with Crippen molar-refractivity contribution < 1.29 is 13.8 Å². The molecule has 2 atom stereocenters. The zero-order valence-corrected chi connectivity index (χ0v) is 5.51. The number of Topliss-reactive ketones (excluding diaryl/α,β-unsaturated/α-hetero) is 1. The molecular weight excluding hydrogens is 127 g/mol. The van der Waals surface area contributed by atoms with E-state index >= 15 is 0 Å². The second kappa shape index (κ2) is 2.53. The second-order valence-electron chi connectivity index (χ2n) is 1.61. The fourth-order valence-corrected chi connectivity index (χ4v) is 1.07. The molecule has 1 aliphatic heterocycles. The standard InChI is InChI=1S/C4H7O3P/c1-3(5)4-2-6-8-7-4/h4,8H,2H2,1H3. The maximum absolute atomic E-state index is 10.4. The summed E-state index contributed by atoms with van der Waals surface area (Å²) >= 11 is 0. The molecule has 0 saturated carbocycles. The van der Waals surface area contributed by atoms with Crippen LogP contribution in [0.5, 0.6) is 0 Å². The molecule has 1 saturated heterocycles. The van der Waals surface area contributed by atoms with Crippen LogP contribution in [0, 0.1) is 0 Å². The van der Waals surface area contributed by atoms with Crippen molar-refractivity contribution in [1.29, 1.82) is 0 Å². The number of hydrogen-bond acceptors (Lipinski definition) is 3. The maximum atomic E-state index is 10.4. The summed E-state index contributed by atoms with van der Waals surface area (Å²) in [7, 11) is 0.0609. The summed E-state index contributed by atoms with van der Waals surface area (Å²) in [5, 5.41) is 0. The molecule has 8 heavy (non-hydrogen) atoms. The summed E-state index contributed by atoms with van der Waals surface area (Å²) in [6, 6.07) is 0. The van der Waals surface area contributed by atoms with Gasteiger partial charge >= 0.3 is 0 Å². The van der Waals surface area contributed by atoms with Crippen molar-refractivity contribution in [1.82, 2.24) is 0 Å². The molecular formula is C4H7O3P. The third kappa shape index (κ3) is 1.25. The Kier molecular flexibility index (Phi) is 1.95. The fraction of sp³-hybridized carbons (Fsp3) is 0.750. The average molecular weight is 134 g/mol. The van der Waals surface area contributed by atoms with E-state index in [1.165, 1.54) is 6.92 Å². The number of hydrogen-bond donors (Lipinski definition) is 0. The third-order valence-electron chi connectivity index (χ3n) is 0.937. The molecule has 0 aromatic carbocycles. The van der Waals surface area contributed by atoms with Crippen LogP contribution in [0.4, 0.5) is 0 Å². The molecule has 0 aromatic rings. The molecule has 2 unspecified atom stereocenters. The van der Waals surface area contributed by atoms with Crippen molar-refractivity contribution in [2.75, 3.05) is 6.61 Å². The summed E-state index contributed by atoms with van der Waals surface area (Å²) < 4.78 is 9.67. The molecule has 3 nitrogen and oxygen atoms in total. The Hall–Kier alpha value is 0.0200. The molecule has 1 heterocycles. The van der Waals surface area contributed by atoms with Gasteiger partial charge in [-0.2, -0.15) is 0 Å². The van der Waals surface area contributed by atoms with Crippen LogP contribution >= 0.6 is 9.03 Å². The highest BCUT2D eigenvalue weighted by molar-refractivity contribution is 7.26. The van der Waals surface area contributed by atoms with Crippen LogP contribution in [-0.2, 0) is 13.8 Å². The van der Waals surface area contributed by atoms with Crippen LogP contribution < -0.4 is 0 Å². The molecule has 0 aromatic heterocycles. The van der Waals surface area contributed by atoms with Crippen molar-refractivity contribution in [3.8, 4) is 0 Å². The normalized spacial score (nSPS) is 31.4. The average Bonchev–Trinajstić information content (AvgIpc) is 2.12. The number of ketones is 1. The molecule has 0 spiro atoms. The van der Waals surface area contributed by atoms with E-state index in [0.717, 1.165) is 0 Å². The van der Waals surface area contributed by atoms with Gasteiger partial charge in [-0.3, -0.25) is 4.79 Å². The van der Waals surface area contributed by atoms with Crippen LogP contribution in [-0.4, -0.2) is 18.5 Å².